The van der Waals surface area contributed by atoms with E-state index in [0.717, 1.165) is 29.7 Å². The van der Waals surface area contributed by atoms with Crippen molar-refractivity contribution in [2.75, 3.05) is 0 Å². The molecule has 2 aromatic carbocycles. The van der Waals surface area contributed by atoms with Gasteiger partial charge in [-0.2, -0.15) is 0 Å². The maximum atomic E-state index is 9.78. The van der Waals surface area contributed by atoms with Crippen LogP contribution in [0.4, 0.5) is 0 Å². The smallest absolute Gasteiger partial charge is 0.127 e. The molecule has 0 aromatic heterocycles. The summed E-state index contributed by atoms with van der Waals surface area (Å²) in [6.07, 6.45) is 1.84. The van der Waals surface area contributed by atoms with Crippen molar-refractivity contribution < 1.29 is 14.9 Å². The van der Waals surface area contributed by atoms with Crippen molar-refractivity contribution >= 4 is 0 Å². The van der Waals surface area contributed by atoms with Crippen LogP contribution in [0.2, 0.25) is 0 Å². The fourth-order valence-corrected chi connectivity index (χ4v) is 3.82. The molecule has 1 heterocycles. The molecule has 112 valence electrons. The maximum absolute atomic E-state index is 9.78. The molecule has 0 spiro atoms. The first kappa shape index (κ1) is 13.3. The van der Waals surface area contributed by atoms with Gasteiger partial charge in [-0.05, 0) is 54.7 Å². The lowest BCUT2D eigenvalue weighted by atomic mass is 9.80. The molecule has 2 aliphatic rings. The van der Waals surface area contributed by atoms with Gasteiger partial charge in [0.15, 0.2) is 0 Å². The van der Waals surface area contributed by atoms with Crippen LogP contribution in [0, 0.1) is 5.92 Å². The Hall–Kier alpha value is -2.42. The Kier molecular flexibility index (Phi) is 2.89. The molecule has 1 fully saturated rings. The van der Waals surface area contributed by atoms with Gasteiger partial charge in [0.1, 0.15) is 23.4 Å². The molecule has 0 amide bonds. The largest absolute Gasteiger partial charge is 0.508 e. The topological polar surface area (TPSA) is 49.7 Å². The molecule has 3 atom stereocenters. The van der Waals surface area contributed by atoms with Crippen LogP contribution in [0.25, 0.3) is 0 Å². The fraction of sp³-hybridized carbons (Fsp3) is 0.263. The summed E-state index contributed by atoms with van der Waals surface area (Å²) in [6.45, 7) is 4.16. The number of hydrogen-bond donors (Lipinski definition) is 2. The summed E-state index contributed by atoms with van der Waals surface area (Å²) in [7, 11) is 0. The molecule has 2 unspecified atom stereocenters. The first-order chi connectivity index (χ1) is 10.6. The number of benzene rings is 2. The Morgan fingerprint density at radius 1 is 0.955 bits per heavy atom. The average molecular weight is 294 g/mol. The number of phenols is 2. The van der Waals surface area contributed by atoms with E-state index in [9.17, 15) is 10.2 Å². The zero-order valence-electron chi connectivity index (χ0n) is 12.2. The Morgan fingerprint density at radius 3 is 2.45 bits per heavy atom. The van der Waals surface area contributed by atoms with Gasteiger partial charge in [-0.15, -0.1) is 0 Å². The minimum Gasteiger partial charge on any atom is -0.508 e. The van der Waals surface area contributed by atoms with E-state index < -0.39 is 0 Å². The van der Waals surface area contributed by atoms with Gasteiger partial charge in [0.2, 0.25) is 0 Å². The first-order valence-corrected chi connectivity index (χ1v) is 7.57. The van der Waals surface area contributed by atoms with E-state index in [4.69, 9.17) is 4.74 Å². The highest BCUT2D eigenvalue weighted by Crippen LogP contribution is 2.55. The third kappa shape index (κ3) is 2.05. The minimum absolute atomic E-state index is 0.0399. The van der Waals surface area contributed by atoms with Crippen molar-refractivity contribution in [3.8, 4) is 17.2 Å². The van der Waals surface area contributed by atoms with Gasteiger partial charge in [-0.3, -0.25) is 0 Å². The summed E-state index contributed by atoms with van der Waals surface area (Å²) in [5, 5.41) is 19.3. The Bertz CT molecular complexity index is 733. The lowest BCUT2D eigenvalue weighted by Crippen LogP contribution is -2.26. The minimum atomic E-state index is -0.0399. The van der Waals surface area contributed by atoms with E-state index in [2.05, 4.69) is 6.58 Å². The highest BCUT2D eigenvalue weighted by atomic mass is 16.5. The molecule has 22 heavy (non-hydrogen) atoms. The predicted molar refractivity (Wildman–Crippen MR) is 84.2 cm³/mol. The van der Waals surface area contributed by atoms with Gasteiger partial charge in [0, 0.05) is 11.5 Å². The van der Waals surface area contributed by atoms with Gasteiger partial charge >= 0.3 is 0 Å². The summed E-state index contributed by atoms with van der Waals surface area (Å²) in [5.41, 5.74) is 3.39. The normalized spacial score (nSPS) is 26.2. The van der Waals surface area contributed by atoms with Gasteiger partial charge in [0.05, 0.1) is 0 Å². The van der Waals surface area contributed by atoms with Crippen molar-refractivity contribution in [3.05, 3.63) is 65.7 Å². The SMILES string of the molecule is C=C1CC2C(c3ccc(O)cc3)Oc3ccc(O)cc3[C@@H]2C1. The van der Waals surface area contributed by atoms with Gasteiger partial charge < -0.3 is 14.9 Å². The van der Waals surface area contributed by atoms with Crippen molar-refractivity contribution in [1.82, 2.24) is 0 Å². The van der Waals surface area contributed by atoms with E-state index in [1.165, 1.54) is 5.57 Å². The maximum Gasteiger partial charge on any atom is 0.127 e. The second-order valence-corrected chi connectivity index (χ2v) is 6.28. The lowest BCUT2D eigenvalue weighted by molar-refractivity contribution is 0.105. The highest BCUT2D eigenvalue weighted by Gasteiger charge is 2.43. The Balaban J connectivity index is 1.79. The number of allylic oxidation sites excluding steroid dienone is 1. The molecular formula is C19H18O3. The monoisotopic (exact) mass is 294 g/mol. The molecule has 3 heteroatoms. The molecule has 1 aliphatic carbocycles. The Labute approximate surface area is 129 Å². The van der Waals surface area contributed by atoms with Crippen LogP contribution in [-0.4, -0.2) is 10.2 Å². The predicted octanol–water partition coefficient (Wildman–Crippen LogP) is 4.28. The molecule has 2 N–H and O–H groups in total. The van der Waals surface area contributed by atoms with Crippen LogP contribution in [-0.2, 0) is 0 Å². The zero-order chi connectivity index (χ0) is 15.3. The van der Waals surface area contributed by atoms with Crippen molar-refractivity contribution in [3.63, 3.8) is 0 Å². The average Bonchev–Trinajstić information content (AvgIpc) is 2.89. The first-order valence-electron chi connectivity index (χ1n) is 7.57. The molecule has 0 bridgehead atoms. The van der Waals surface area contributed by atoms with E-state index in [0.29, 0.717) is 11.8 Å². The number of hydrogen-bond acceptors (Lipinski definition) is 3. The molecule has 3 nitrogen and oxygen atoms in total. The third-order valence-corrected chi connectivity index (χ3v) is 4.81. The van der Waals surface area contributed by atoms with E-state index in [1.807, 2.05) is 24.3 Å². The van der Waals surface area contributed by atoms with Crippen molar-refractivity contribution in [1.29, 1.82) is 0 Å². The number of fused-ring (bicyclic) bond motifs is 3. The lowest BCUT2D eigenvalue weighted by Gasteiger charge is -2.36. The number of phenolic OH excluding ortho intramolecular Hbond substituents is 2. The molecule has 1 saturated carbocycles. The third-order valence-electron chi connectivity index (χ3n) is 4.81. The van der Waals surface area contributed by atoms with E-state index in [1.54, 1.807) is 18.2 Å². The Morgan fingerprint density at radius 2 is 1.68 bits per heavy atom. The van der Waals surface area contributed by atoms with Crippen LogP contribution in [0.1, 0.15) is 36.0 Å². The van der Waals surface area contributed by atoms with Gasteiger partial charge in [0.25, 0.3) is 0 Å². The van der Waals surface area contributed by atoms with Crippen molar-refractivity contribution in [2.24, 2.45) is 5.92 Å². The fourth-order valence-electron chi connectivity index (χ4n) is 3.82. The molecular weight excluding hydrogens is 276 g/mol. The van der Waals surface area contributed by atoms with E-state index >= 15 is 0 Å². The van der Waals surface area contributed by atoms with Crippen LogP contribution < -0.4 is 4.74 Å². The molecule has 2 aromatic rings. The summed E-state index contributed by atoms with van der Waals surface area (Å²) in [4.78, 5) is 0. The van der Waals surface area contributed by atoms with Crippen LogP contribution in [0.15, 0.2) is 54.6 Å². The van der Waals surface area contributed by atoms with Gasteiger partial charge in [-0.25, -0.2) is 0 Å². The second-order valence-electron chi connectivity index (χ2n) is 6.28. The summed E-state index contributed by atoms with van der Waals surface area (Å²) < 4.78 is 6.24. The zero-order valence-corrected chi connectivity index (χ0v) is 12.2. The second kappa shape index (κ2) is 4.80. The summed E-state index contributed by atoms with van der Waals surface area (Å²) >= 11 is 0. The molecule has 0 radical (unpaired) electrons. The molecule has 0 saturated heterocycles. The van der Waals surface area contributed by atoms with Crippen LogP contribution >= 0.6 is 0 Å². The number of rotatable bonds is 1. The van der Waals surface area contributed by atoms with E-state index in [-0.39, 0.29) is 17.6 Å². The molecule has 1 aliphatic heterocycles. The van der Waals surface area contributed by atoms with Crippen LogP contribution in [0.3, 0.4) is 0 Å². The summed E-state index contributed by atoms with van der Waals surface area (Å²) in [6, 6.07) is 12.6. The standard InChI is InChI=1S/C19H18O3/c1-11-8-15-16-10-14(21)6-7-18(16)22-19(17(15)9-11)12-2-4-13(20)5-3-12/h2-7,10,15,17,19-21H,1,8-9H2/t15-,17?,19?/m0/s1. The highest BCUT2D eigenvalue weighted by molar-refractivity contribution is 5.47. The molecule has 4 rings (SSSR count). The summed E-state index contributed by atoms with van der Waals surface area (Å²) in [5.74, 6) is 2.04. The number of ether oxygens (including phenoxy) is 1. The quantitative estimate of drug-likeness (QED) is 0.772. The van der Waals surface area contributed by atoms with Crippen molar-refractivity contribution in [2.45, 2.75) is 24.9 Å². The van der Waals surface area contributed by atoms with Gasteiger partial charge in [-0.1, -0.05) is 24.3 Å². The number of aromatic hydroxyl groups is 2. The van der Waals surface area contributed by atoms with Crippen LogP contribution in [0.5, 0.6) is 17.2 Å².